The molecule has 4 heteroatoms. The molecule has 1 heterocycles. The minimum Gasteiger partial charge on any atom is -0.481 e. The van der Waals surface area contributed by atoms with Crippen LogP contribution in [-0.2, 0) is 9.59 Å². The molecule has 0 spiro atoms. The minimum atomic E-state index is -0.613. The van der Waals surface area contributed by atoms with Crippen LogP contribution in [0.5, 0.6) is 0 Å². The Morgan fingerprint density at radius 1 is 1.21 bits per heavy atom. The van der Waals surface area contributed by atoms with Gasteiger partial charge < -0.3 is 10.0 Å². The summed E-state index contributed by atoms with van der Waals surface area (Å²) in [6, 6.07) is 0. The lowest BCUT2D eigenvalue weighted by Crippen LogP contribution is -2.65. The topological polar surface area (TPSA) is 57.6 Å². The van der Waals surface area contributed by atoms with E-state index in [1.165, 1.54) is 6.42 Å². The lowest BCUT2D eigenvalue weighted by molar-refractivity contribution is -0.181. The largest absolute Gasteiger partial charge is 0.481 e. The second-order valence-electron chi connectivity index (χ2n) is 7.42. The van der Waals surface area contributed by atoms with Crippen LogP contribution in [0.4, 0.5) is 0 Å². The van der Waals surface area contributed by atoms with Crippen LogP contribution in [-0.4, -0.2) is 34.0 Å². The van der Waals surface area contributed by atoms with Crippen molar-refractivity contribution in [2.45, 2.75) is 56.9 Å². The van der Waals surface area contributed by atoms with Gasteiger partial charge in [-0.2, -0.15) is 0 Å². The first-order chi connectivity index (χ1) is 9.03. The molecule has 4 aliphatic carbocycles. The van der Waals surface area contributed by atoms with Gasteiger partial charge in [0.25, 0.3) is 0 Å². The first-order valence-corrected chi connectivity index (χ1v) is 7.57. The van der Waals surface area contributed by atoms with E-state index in [1.807, 2.05) is 0 Å². The fourth-order valence-electron chi connectivity index (χ4n) is 5.93. The predicted octanol–water partition coefficient (Wildman–Crippen LogP) is 2.03. The molecule has 5 aliphatic rings. The molecular formula is C15H21NO3. The van der Waals surface area contributed by atoms with Gasteiger partial charge in [-0.1, -0.05) is 0 Å². The normalized spacial score (nSPS) is 48.0. The Kier molecular flexibility index (Phi) is 2.18. The molecule has 0 aromatic heterocycles. The number of carboxylic acid groups (broad SMARTS) is 1. The summed E-state index contributed by atoms with van der Waals surface area (Å²) >= 11 is 0. The van der Waals surface area contributed by atoms with Crippen LogP contribution in [0.2, 0.25) is 0 Å². The first-order valence-electron chi connectivity index (χ1n) is 7.57. The summed E-state index contributed by atoms with van der Waals surface area (Å²) in [5, 5.41) is 9.70. The number of carbonyl (C=O) groups is 2. The van der Waals surface area contributed by atoms with Gasteiger partial charge in [-0.25, -0.2) is 0 Å². The van der Waals surface area contributed by atoms with Crippen molar-refractivity contribution in [3.05, 3.63) is 0 Å². The van der Waals surface area contributed by atoms with Crippen molar-refractivity contribution in [2.24, 2.45) is 17.3 Å². The van der Waals surface area contributed by atoms with Gasteiger partial charge in [-0.15, -0.1) is 0 Å². The zero-order valence-electron chi connectivity index (χ0n) is 11.2. The monoisotopic (exact) mass is 263 g/mol. The highest BCUT2D eigenvalue weighted by Gasteiger charge is 2.63. The number of hydrogen-bond donors (Lipinski definition) is 1. The molecule has 5 rings (SSSR count). The molecule has 2 unspecified atom stereocenters. The minimum absolute atomic E-state index is 0.101. The molecule has 1 N–H and O–H groups in total. The molecule has 104 valence electrons. The Balaban J connectivity index is 1.74. The van der Waals surface area contributed by atoms with E-state index >= 15 is 0 Å². The van der Waals surface area contributed by atoms with E-state index in [2.05, 4.69) is 4.90 Å². The Morgan fingerprint density at radius 2 is 1.89 bits per heavy atom. The second kappa shape index (κ2) is 3.53. The van der Waals surface area contributed by atoms with Crippen LogP contribution in [0, 0.1) is 17.3 Å². The highest BCUT2D eigenvalue weighted by Crippen LogP contribution is 2.63. The van der Waals surface area contributed by atoms with E-state index in [0.717, 1.165) is 38.6 Å². The smallest absolute Gasteiger partial charge is 0.309 e. The van der Waals surface area contributed by atoms with Gasteiger partial charge in [0.05, 0.1) is 5.41 Å². The van der Waals surface area contributed by atoms with E-state index in [4.69, 9.17) is 0 Å². The van der Waals surface area contributed by atoms with Gasteiger partial charge in [0.1, 0.15) is 0 Å². The number of nitrogens with zero attached hydrogens (tertiary/aromatic N) is 1. The Morgan fingerprint density at radius 3 is 2.42 bits per heavy atom. The number of rotatable bonds is 2. The summed E-state index contributed by atoms with van der Waals surface area (Å²) in [7, 11) is 0. The van der Waals surface area contributed by atoms with E-state index < -0.39 is 11.4 Å². The average molecular weight is 263 g/mol. The maximum Gasteiger partial charge on any atom is 0.309 e. The van der Waals surface area contributed by atoms with Crippen molar-refractivity contribution in [2.75, 3.05) is 6.54 Å². The van der Waals surface area contributed by atoms with Gasteiger partial charge in [0, 0.05) is 18.5 Å². The molecular weight excluding hydrogens is 242 g/mol. The van der Waals surface area contributed by atoms with Crippen LogP contribution >= 0.6 is 0 Å². The van der Waals surface area contributed by atoms with Crippen LogP contribution in [0.3, 0.4) is 0 Å². The summed E-state index contributed by atoms with van der Waals surface area (Å²) in [6.45, 7) is 0.855. The van der Waals surface area contributed by atoms with Crippen molar-refractivity contribution in [3.8, 4) is 0 Å². The quantitative estimate of drug-likeness (QED) is 0.829. The fourth-order valence-corrected chi connectivity index (χ4v) is 5.93. The molecule has 4 saturated carbocycles. The SMILES string of the molecule is O=C1CCCN1C12CC3CC(CC(C(=O)O)(C3)C1)C2. The number of carbonyl (C=O) groups excluding carboxylic acids is 1. The van der Waals surface area contributed by atoms with E-state index in [-0.39, 0.29) is 11.4 Å². The van der Waals surface area contributed by atoms with Crippen LogP contribution in [0.25, 0.3) is 0 Å². The summed E-state index contributed by atoms with van der Waals surface area (Å²) in [6.07, 6.45) is 7.35. The molecule has 1 aliphatic heterocycles. The van der Waals surface area contributed by atoms with Crippen molar-refractivity contribution >= 4 is 11.9 Å². The van der Waals surface area contributed by atoms with Crippen LogP contribution in [0.1, 0.15) is 51.4 Å². The van der Waals surface area contributed by atoms with Crippen LogP contribution < -0.4 is 0 Å². The maximum absolute atomic E-state index is 12.1. The second-order valence-corrected chi connectivity index (χ2v) is 7.42. The maximum atomic E-state index is 12.1. The van der Waals surface area contributed by atoms with Gasteiger partial charge in [0.2, 0.25) is 5.91 Å². The standard InChI is InChI=1S/C15H21NO3/c17-12-2-1-3-16(12)15-7-10-4-11(8-15)6-14(5-10,9-15)13(18)19/h10-11H,1-9H2,(H,18,19). The number of likely N-dealkylation sites (tertiary alicyclic amines) is 1. The molecule has 0 aromatic rings. The van der Waals surface area contributed by atoms with Gasteiger partial charge >= 0.3 is 5.97 Å². The number of aliphatic carboxylic acids is 1. The molecule has 2 atom stereocenters. The summed E-state index contributed by atoms with van der Waals surface area (Å²) in [4.78, 5) is 26.0. The molecule has 0 radical (unpaired) electrons. The summed E-state index contributed by atoms with van der Waals surface area (Å²) < 4.78 is 0. The highest BCUT2D eigenvalue weighted by atomic mass is 16.4. The lowest BCUT2D eigenvalue weighted by atomic mass is 9.46. The van der Waals surface area contributed by atoms with Gasteiger partial charge in [0.15, 0.2) is 0 Å². The zero-order valence-corrected chi connectivity index (χ0v) is 11.2. The number of carboxylic acids is 1. The first kappa shape index (κ1) is 11.7. The summed E-state index contributed by atoms with van der Waals surface area (Å²) in [5.74, 6) is 0.719. The van der Waals surface area contributed by atoms with Crippen molar-refractivity contribution in [3.63, 3.8) is 0 Å². The highest BCUT2D eigenvalue weighted by molar-refractivity contribution is 5.80. The average Bonchev–Trinajstić information content (AvgIpc) is 2.74. The number of amides is 1. The lowest BCUT2D eigenvalue weighted by Gasteiger charge is -2.63. The number of hydrogen-bond acceptors (Lipinski definition) is 2. The van der Waals surface area contributed by atoms with Crippen molar-refractivity contribution in [1.82, 2.24) is 4.90 Å². The fraction of sp³-hybridized carbons (Fsp3) is 0.867. The van der Waals surface area contributed by atoms with Gasteiger partial charge in [-0.3, -0.25) is 9.59 Å². The van der Waals surface area contributed by atoms with E-state index in [9.17, 15) is 14.7 Å². The van der Waals surface area contributed by atoms with Crippen molar-refractivity contribution < 1.29 is 14.7 Å². The van der Waals surface area contributed by atoms with Crippen LogP contribution in [0.15, 0.2) is 0 Å². The molecule has 1 amide bonds. The Hall–Kier alpha value is -1.06. The molecule has 4 bridgehead atoms. The zero-order chi connectivity index (χ0) is 13.3. The van der Waals surface area contributed by atoms with E-state index in [0.29, 0.717) is 24.7 Å². The van der Waals surface area contributed by atoms with E-state index in [1.54, 1.807) is 0 Å². The summed E-state index contributed by atoms with van der Waals surface area (Å²) in [5.41, 5.74) is -0.622. The third-order valence-corrected chi connectivity index (χ3v) is 6.13. The third kappa shape index (κ3) is 1.46. The molecule has 19 heavy (non-hydrogen) atoms. The van der Waals surface area contributed by atoms with Gasteiger partial charge in [-0.05, 0) is 56.8 Å². The molecule has 1 saturated heterocycles. The molecule has 4 nitrogen and oxygen atoms in total. The van der Waals surface area contributed by atoms with Crippen molar-refractivity contribution in [1.29, 1.82) is 0 Å². The third-order valence-electron chi connectivity index (χ3n) is 6.13. The molecule has 0 aromatic carbocycles. The Labute approximate surface area is 113 Å². The Bertz CT molecular complexity index is 444. The predicted molar refractivity (Wildman–Crippen MR) is 68.4 cm³/mol. The molecule has 5 fully saturated rings.